The molecule has 24 heavy (non-hydrogen) atoms. The van der Waals surface area contributed by atoms with Crippen LogP contribution in [0.3, 0.4) is 0 Å². The van der Waals surface area contributed by atoms with Crippen LogP contribution in [0.1, 0.15) is 23.2 Å². The highest BCUT2D eigenvalue weighted by molar-refractivity contribution is 6.35. The predicted octanol–water partition coefficient (Wildman–Crippen LogP) is 4.53. The van der Waals surface area contributed by atoms with Gasteiger partial charge in [-0.05, 0) is 55.3 Å². The van der Waals surface area contributed by atoms with Crippen LogP contribution in [0.4, 0.5) is 16.2 Å². The van der Waals surface area contributed by atoms with E-state index in [0.717, 1.165) is 12.8 Å². The number of carbonyl (C=O) groups is 2. The molecule has 1 saturated carbocycles. The van der Waals surface area contributed by atoms with Crippen LogP contribution in [0.15, 0.2) is 42.5 Å². The number of urea groups is 1. The van der Waals surface area contributed by atoms with E-state index >= 15 is 0 Å². The third-order valence-electron chi connectivity index (χ3n) is 3.49. The Morgan fingerprint density at radius 3 is 2.33 bits per heavy atom. The molecule has 2 aromatic rings. The summed E-state index contributed by atoms with van der Waals surface area (Å²) in [5, 5.41) is 9.07. The van der Waals surface area contributed by atoms with E-state index in [1.165, 1.54) is 0 Å². The van der Waals surface area contributed by atoms with E-state index in [0.29, 0.717) is 33.0 Å². The van der Waals surface area contributed by atoms with Crippen molar-refractivity contribution < 1.29 is 9.59 Å². The predicted molar refractivity (Wildman–Crippen MR) is 96.0 cm³/mol. The van der Waals surface area contributed by atoms with Gasteiger partial charge in [-0.3, -0.25) is 4.79 Å². The molecule has 3 amide bonds. The van der Waals surface area contributed by atoms with E-state index in [1.807, 2.05) is 0 Å². The van der Waals surface area contributed by atoms with Crippen LogP contribution < -0.4 is 16.0 Å². The molecule has 7 heteroatoms. The normalized spacial score (nSPS) is 13.2. The maximum absolute atomic E-state index is 12.0. The van der Waals surface area contributed by atoms with E-state index in [1.54, 1.807) is 42.5 Å². The summed E-state index contributed by atoms with van der Waals surface area (Å²) in [5.41, 5.74) is 1.54. The first-order valence-corrected chi connectivity index (χ1v) is 8.21. The molecule has 0 unspecified atom stereocenters. The molecule has 0 radical (unpaired) electrons. The van der Waals surface area contributed by atoms with Gasteiger partial charge in [0, 0.05) is 22.3 Å². The van der Waals surface area contributed by atoms with Crippen LogP contribution in [0.5, 0.6) is 0 Å². The van der Waals surface area contributed by atoms with Crippen molar-refractivity contribution in [1.82, 2.24) is 5.32 Å². The summed E-state index contributed by atoms with van der Waals surface area (Å²) in [6.07, 6.45) is 2.08. The minimum absolute atomic E-state index is 0.0980. The van der Waals surface area contributed by atoms with E-state index < -0.39 is 6.03 Å². The molecule has 5 nitrogen and oxygen atoms in total. The smallest absolute Gasteiger partial charge is 0.323 e. The Kier molecular flexibility index (Phi) is 4.92. The van der Waals surface area contributed by atoms with Crippen LogP contribution in [0.2, 0.25) is 10.0 Å². The topological polar surface area (TPSA) is 70.2 Å². The van der Waals surface area contributed by atoms with Crippen LogP contribution in [-0.2, 0) is 0 Å². The lowest BCUT2D eigenvalue weighted by Gasteiger charge is -2.10. The summed E-state index contributed by atoms with van der Waals surface area (Å²) < 4.78 is 0. The highest BCUT2D eigenvalue weighted by atomic mass is 35.5. The molecule has 1 aliphatic rings. The van der Waals surface area contributed by atoms with E-state index in [4.69, 9.17) is 23.2 Å². The molecule has 3 N–H and O–H groups in total. The Bertz CT molecular complexity index is 774. The molecule has 3 rings (SSSR count). The third-order valence-corrected chi connectivity index (χ3v) is 4.06. The Balaban J connectivity index is 1.59. The largest absolute Gasteiger partial charge is 0.349 e. The summed E-state index contributed by atoms with van der Waals surface area (Å²) in [4.78, 5) is 23.9. The van der Waals surface area contributed by atoms with Crippen LogP contribution in [0, 0.1) is 0 Å². The maximum Gasteiger partial charge on any atom is 0.323 e. The zero-order valence-corrected chi connectivity index (χ0v) is 14.1. The Morgan fingerprint density at radius 2 is 1.67 bits per heavy atom. The van der Waals surface area contributed by atoms with Crippen molar-refractivity contribution in [3.63, 3.8) is 0 Å². The Hall–Kier alpha value is -2.24. The number of halogens is 2. The summed E-state index contributed by atoms with van der Waals surface area (Å²) in [7, 11) is 0. The fraction of sp³-hybridized carbons (Fsp3) is 0.176. The van der Waals surface area contributed by atoms with Gasteiger partial charge in [-0.1, -0.05) is 23.2 Å². The zero-order chi connectivity index (χ0) is 17.1. The van der Waals surface area contributed by atoms with Crippen molar-refractivity contribution in [3.05, 3.63) is 58.1 Å². The number of rotatable bonds is 4. The highest BCUT2D eigenvalue weighted by Gasteiger charge is 2.23. The molecule has 0 atom stereocenters. The number of hydrogen-bond donors (Lipinski definition) is 3. The van der Waals surface area contributed by atoms with E-state index in [-0.39, 0.29) is 5.91 Å². The second-order valence-corrected chi connectivity index (χ2v) is 6.37. The van der Waals surface area contributed by atoms with Gasteiger partial charge in [0.1, 0.15) is 0 Å². The standard InChI is InChI=1S/C17H15Cl2N3O2/c18-11-3-8-14(19)15(9-11)22-17(24)21-13-4-1-10(2-5-13)16(23)20-12-6-7-12/h1-5,8-9,12H,6-7H2,(H,20,23)(H2,21,22,24). The van der Waals surface area contributed by atoms with Crippen molar-refractivity contribution in [2.24, 2.45) is 0 Å². The van der Waals surface area contributed by atoms with Gasteiger partial charge < -0.3 is 16.0 Å². The Morgan fingerprint density at radius 1 is 0.958 bits per heavy atom. The van der Waals surface area contributed by atoms with E-state index in [9.17, 15) is 9.59 Å². The van der Waals surface area contributed by atoms with Crippen LogP contribution >= 0.6 is 23.2 Å². The first-order valence-electron chi connectivity index (χ1n) is 7.45. The number of hydrogen-bond acceptors (Lipinski definition) is 2. The third kappa shape index (κ3) is 4.40. The molecule has 0 saturated heterocycles. The van der Waals surface area contributed by atoms with Crippen LogP contribution in [0.25, 0.3) is 0 Å². The summed E-state index contributed by atoms with van der Waals surface area (Å²) >= 11 is 11.9. The van der Waals surface area contributed by atoms with Gasteiger partial charge >= 0.3 is 6.03 Å². The van der Waals surface area contributed by atoms with E-state index in [2.05, 4.69) is 16.0 Å². The molecule has 1 aliphatic carbocycles. The van der Waals surface area contributed by atoms with Crippen molar-refractivity contribution in [3.8, 4) is 0 Å². The zero-order valence-electron chi connectivity index (χ0n) is 12.6. The second-order valence-electron chi connectivity index (χ2n) is 5.53. The molecule has 0 bridgehead atoms. The number of nitrogens with one attached hydrogen (secondary N) is 3. The van der Waals surface area contributed by atoms with Gasteiger partial charge in [-0.2, -0.15) is 0 Å². The van der Waals surface area contributed by atoms with Crippen molar-refractivity contribution >= 4 is 46.5 Å². The minimum atomic E-state index is -0.450. The first-order chi connectivity index (χ1) is 11.5. The minimum Gasteiger partial charge on any atom is -0.349 e. The molecule has 0 spiro atoms. The van der Waals surface area contributed by atoms with Gasteiger partial charge in [-0.15, -0.1) is 0 Å². The summed E-state index contributed by atoms with van der Waals surface area (Å²) in [6.45, 7) is 0. The van der Waals surface area contributed by atoms with Gasteiger partial charge in [0.25, 0.3) is 5.91 Å². The molecule has 0 aromatic heterocycles. The average molecular weight is 364 g/mol. The summed E-state index contributed by atoms with van der Waals surface area (Å²) in [5.74, 6) is -0.0980. The first kappa shape index (κ1) is 16.6. The quantitative estimate of drug-likeness (QED) is 0.746. The van der Waals surface area contributed by atoms with Gasteiger partial charge in [0.15, 0.2) is 0 Å². The molecule has 0 heterocycles. The summed E-state index contributed by atoms with van der Waals surface area (Å²) in [6, 6.07) is 11.3. The van der Waals surface area contributed by atoms with Crippen molar-refractivity contribution in [1.29, 1.82) is 0 Å². The van der Waals surface area contributed by atoms with Gasteiger partial charge in [-0.25, -0.2) is 4.79 Å². The number of amides is 3. The molecule has 0 aliphatic heterocycles. The number of benzene rings is 2. The molecule has 1 fully saturated rings. The molecular weight excluding hydrogens is 349 g/mol. The highest BCUT2D eigenvalue weighted by Crippen LogP contribution is 2.25. The Labute approximate surface area is 149 Å². The fourth-order valence-corrected chi connectivity index (χ4v) is 2.42. The lowest BCUT2D eigenvalue weighted by Crippen LogP contribution is -2.25. The maximum atomic E-state index is 12.0. The van der Waals surface area contributed by atoms with Gasteiger partial charge in [0.05, 0.1) is 10.7 Å². The lowest BCUT2D eigenvalue weighted by atomic mass is 10.2. The van der Waals surface area contributed by atoms with Crippen molar-refractivity contribution in [2.75, 3.05) is 10.6 Å². The number of anilines is 2. The fourth-order valence-electron chi connectivity index (χ4n) is 2.08. The number of carbonyl (C=O) groups excluding carboxylic acids is 2. The monoisotopic (exact) mass is 363 g/mol. The lowest BCUT2D eigenvalue weighted by molar-refractivity contribution is 0.0951. The molecule has 2 aromatic carbocycles. The second kappa shape index (κ2) is 7.11. The molecule has 124 valence electrons. The van der Waals surface area contributed by atoms with Crippen LogP contribution in [-0.4, -0.2) is 18.0 Å². The SMILES string of the molecule is O=C(Nc1ccc(C(=O)NC2CC2)cc1)Nc1cc(Cl)ccc1Cl. The molecular formula is C17H15Cl2N3O2. The van der Waals surface area contributed by atoms with Gasteiger partial charge in [0.2, 0.25) is 0 Å². The van der Waals surface area contributed by atoms with Crippen molar-refractivity contribution in [2.45, 2.75) is 18.9 Å². The average Bonchev–Trinajstić information content (AvgIpc) is 3.35.